The van der Waals surface area contributed by atoms with Gasteiger partial charge in [-0.05, 0) is 48.5 Å². The summed E-state index contributed by atoms with van der Waals surface area (Å²) in [4.78, 5) is 50.4. The van der Waals surface area contributed by atoms with E-state index in [1.54, 1.807) is 24.3 Å². The van der Waals surface area contributed by atoms with Crippen LogP contribution in [-0.4, -0.2) is 50.1 Å². The molecule has 2 aromatic rings. The van der Waals surface area contributed by atoms with E-state index < -0.39 is 47.7 Å². The van der Waals surface area contributed by atoms with Gasteiger partial charge in [0.1, 0.15) is 0 Å². The minimum absolute atomic E-state index is 0.292. The lowest BCUT2D eigenvalue weighted by Gasteiger charge is -2.48. The van der Waals surface area contributed by atoms with Crippen LogP contribution >= 0.6 is 0 Å². The minimum Gasteiger partial charge on any atom is -0.469 e. The van der Waals surface area contributed by atoms with Crippen molar-refractivity contribution < 1.29 is 28.7 Å². The highest BCUT2D eigenvalue weighted by Crippen LogP contribution is 2.37. The van der Waals surface area contributed by atoms with E-state index in [1.165, 1.54) is 38.5 Å². The zero-order chi connectivity index (χ0) is 23.4. The number of carbonyl (C=O) groups is 4. The third-order valence-electron chi connectivity index (χ3n) is 5.44. The SMILES string of the molecule is COC(=O)C1C(NC(=O)c2ccc(N)cc2)C(C(=O)OC)C1NC(=O)c1ccc(N)cc1. The van der Waals surface area contributed by atoms with Crippen molar-refractivity contribution in [2.45, 2.75) is 12.1 Å². The second-order valence-corrected chi connectivity index (χ2v) is 7.34. The fourth-order valence-corrected chi connectivity index (χ4v) is 3.70. The van der Waals surface area contributed by atoms with E-state index >= 15 is 0 Å². The molecule has 1 aliphatic carbocycles. The zero-order valence-corrected chi connectivity index (χ0v) is 17.5. The molecule has 10 nitrogen and oxygen atoms in total. The Balaban J connectivity index is 1.85. The van der Waals surface area contributed by atoms with Gasteiger partial charge in [-0.25, -0.2) is 0 Å². The predicted molar refractivity (Wildman–Crippen MR) is 115 cm³/mol. The minimum atomic E-state index is -1.00. The number of ether oxygens (including phenoxy) is 2. The van der Waals surface area contributed by atoms with E-state index in [0.717, 1.165) is 0 Å². The number of hydrogen-bond donors (Lipinski definition) is 4. The van der Waals surface area contributed by atoms with Crippen LogP contribution in [0.4, 0.5) is 11.4 Å². The van der Waals surface area contributed by atoms with Gasteiger partial charge in [0.15, 0.2) is 0 Å². The fraction of sp³-hybridized carbons (Fsp3) is 0.273. The Morgan fingerprint density at radius 2 is 0.969 bits per heavy atom. The molecular weight excluding hydrogens is 416 g/mol. The molecule has 6 N–H and O–H groups in total. The Morgan fingerprint density at radius 1 is 0.656 bits per heavy atom. The molecule has 2 aromatic carbocycles. The van der Waals surface area contributed by atoms with Gasteiger partial charge in [0.05, 0.1) is 38.1 Å². The first-order valence-corrected chi connectivity index (χ1v) is 9.75. The quantitative estimate of drug-likeness (QED) is 0.369. The van der Waals surface area contributed by atoms with Crippen LogP contribution in [0.15, 0.2) is 48.5 Å². The summed E-state index contributed by atoms with van der Waals surface area (Å²) in [6, 6.07) is 10.4. The van der Waals surface area contributed by atoms with Gasteiger partial charge in [-0.15, -0.1) is 0 Å². The molecule has 0 bridgehead atoms. The van der Waals surface area contributed by atoms with E-state index in [1.807, 2.05) is 0 Å². The van der Waals surface area contributed by atoms with Gasteiger partial charge in [0.25, 0.3) is 11.8 Å². The number of methoxy groups -OCH3 is 2. The summed E-state index contributed by atoms with van der Waals surface area (Å²) in [7, 11) is 2.37. The Hall–Kier alpha value is -4.08. The highest BCUT2D eigenvalue weighted by molar-refractivity contribution is 5.98. The van der Waals surface area contributed by atoms with E-state index in [2.05, 4.69) is 10.6 Å². The summed E-state index contributed by atoms with van der Waals surface area (Å²) in [6.07, 6.45) is 0. The summed E-state index contributed by atoms with van der Waals surface area (Å²) < 4.78 is 9.71. The molecule has 0 radical (unpaired) electrons. The highest BCUT2D eigenvalue weighted by atomic mass is 16.5. The summed E-state index contributed by atoms with van der Waals surface area (Å²) >= 11 is 0. The van der Waals surface area contributed by atoms with E-state index in [0.29, 0.717) is 22.5 Å². The van der Waals surface area contributed by atoms with E-state index in [4.69, 9.17) is 20.9 Å². The average Bonchev–Trinajstić information content (AvgIpc) is 2.78. The Bertz CT molecular complexity index is 930. The molecule has 10 heteroatoms. The number of nitrogens with two attached hydrogens (primary N) is 2. The van der Waals surface area contributed by atoms with Gasteiger partial charge in [0.2, 0.25) is 0 Å². The lowest BCUT2D eigenvalue weighted by atomic mass is 9.64. The molecule has 1 fully saturated rings. The van der Waals surface area contributed by atoms with Crippen LogP contribution in [0.3, 0.4) is 0 Å². The Labute approximate surface area is 184 Å². The molecule has 2 amide bonds. The van der Waals surface area contributed by atoms with E-state index in [9.17, 15) is 19.2 Å². The third kappa shape index (κ3) is 4.48. The number of hydrogen-bond acceptors (Lipinski definition) is 8. The second kappa shape index (κ2) is 9.38. The van der Waals surface area contributed by atoms with Gasteiger partial charge in [0, 0.05) is 22.5 Å². The number of amides is 2. The predicted octanol–water partition coefficient (Wildman–Crippen LogP) is 0.340. The molecule has 32 heavy (non-hydrogen) atoms. The van der Waals surface area contributed by atoms with Crippen LogP contribution in [0, 0.1) is 11.8 Å². The van der Waals surface area contributed by atoms with E-state index in [-0.39, 0.29) is 0 Å². The van der Waals surface area contributed by atoms with Crippen LogP contribution < -0.4 is 22.1 Å². The first kappa shape index (κ1) is 22.6. The van der Waals surface area contributed by atoms with Crippen LogP contribution in [-0.2, 0) is 19.1 Å². The second-order valence-electron chi connectivity index (χ2n) is 7.34. The summed E-state index contributed by atoms with van der Waals surface area (Å²) in [5.74, 6) is -4.40. The maximum absolute atomic E-state index is 12.7. The molecule has 0 aromatic heterocycles. The number of esters is 2. The van der Waals surface area contributed by atoms with Gasteiger partial charge in [-0.2, -0.15) is 0 Å². The van der Waals surface area contributed by atoms with Gasteiger partial charge in [-0.1, -0.05) is 0 Å². The molecule has 1 aliphatic rings. The number of benzene rings is 2. The molecule has 3 rings (SSSR count). The number of anilines is 2. The molecule has 0 spiro atoms. The lowest BCUT2D eigenvalue weighted by Crippen LogP contribution is -2.72. The lowest BCUT2D eigenvalue weighted by molar-refractivity contribution is -0.164. The number of rotatable bonds is 6. The molecule has 0 unspecified atom stereocenters. The summed E-state index contributed by atoms with van der Waals surface area (Å²) in [5, 5.41) is 5.37. The standard InChI is InChI=1S/C22H24N4O6/c1-31-21(29)15-17(25-19(27)11-3-7-13(23)8-4-11)16(22(30)32-2)18(15)26-20(28)12-5-9-14(24)10-6-12/h3-10,15-18H,23-24H2,1-2H3,(H,25,27)(H,26,28). The number of carbonyl (C=O) groups excluding carboxylic acids is 4. The van der Waals surface area contributed by atoms with Crippen molar-refractivity contribution in [1.29, 1.82) is 0 Å². The van der Waals surface area contributed by atoms with Gasteiger partial charge < -0.3 is 31.6 Å². The first-order valence-electron chi connectivity index (χ1n) is 9.75. The Morgan fingerprint density at radius 3 is 1.25 bits per heavy atom. The third-order valence-corrected chi connectivity index (χ3v) is 5.44. The molecule has 0 saturated heterocycles. The van der Waals surface area contributed by atoms with Crippen molar-refractivity contribution in [3.8, 4) is 0 Å². The average molecular weight is 440 g/mol. The number of nitrogen functional groups attached to an aromatic ring is 2. The first-order chi connectivity index (χ1) is 15.3. The van der Waals surface area contributed by atoms with Crippen LogP contribution in [0.25, 0.3) is 0 Å². The van der Waals surface area contributed by atoms with Gasteiger partial charge >= 0.3 is 11.9 Å². The molecule has 0 aliphatic heterocycles. The molecule has 1 saturated carbocycles. The molecular formula is C22H24N4O6. The van der Waals surface area contributed by atoms with Crippen molar-refractivity contribution >= 4 is 35.1 Å². The van der Waals surface area contributed by atoms with Crippen molar-refractivity contribution in [3.63, 3.8) is 0 Å². The monoisotopic (exact) mass is 440 g/mol. The smallest absolute Gasteiger partial charge is 0.312 e. The zero-order valence-electron chi connectivity index (χ0n) is 17.5. The van der Waals surface area contributed by atoms with Crippen molar-refractivity contribution in [1.82, 2.24) is 10.6 Å². The summed E-state index contributed by atoms with van der Waals surface area (Å²) in [5.41, 5.74) is 12.8. The largest absolute Gasteiger partial charge is 0.469 e. The maximum atomic E-state index is 12.7. The maximum Gasteiger partial charge on any atom is 0.312 e. The van der Waals surface area contributed by atoms with Gasteiger partial charge in [-0.3, -0.25) is 19.2 Å². The van der Waals surface area contributed by atoms with Crippen molar-refractivity contribution in [3.05, 3.63) is 59.7 Å². The number of nitrogens with one attached hydrogen (secondary N) is 2. The summed E-state index contributed by atoms with van der Waals surface area (Å²) in [6.45, 7) is 0. The van der Waals surface area contributed by atoms with Crippen LogP contribution in [0.5, 0.6) is 0 Å². The molecule has 168 valence electrons. The topological polar surface area (TPSA) is 163 Å². The molecule has 0 heterocycles. The highest BCUT2D eigenvalue weighted by Gasteiger charge is 2.60. The van der Waals surface area contributed by atoms with Crippen LogP contribution in [0.2, 0.25) is 0 Å². The fourth-order valence-electron chi connectivity index (χ4n) is 3.70. The van der Waals surface area contributed by atoms with Crippen molar-refractivity contribution in [2.24, 2.45) is 11.8 Å². The molecule has 0 atom stereocenters. The van der Waals surface area contributed by atoms with Crippen molar-refractivity contribution in [2.75, 3.05) is 25.7 Å². The van der Waals surface area contributed by atoms with Crippen LogP contribution in [0.1, 0.15) is 20.7 Å². The normalized spacial score (nSPS) is 21.6. The Kier molecular flexibility index (Phi) is 6.62.